The van der Waals surface area contributed by atoms with Crippen LogP contribution >= 0.6 is 11.8 Å². The lowest BCUT2D eigenvalue weighted by molar-refractivity contribution is 0.0678. The van der Waals surface area contributed by atoms with Gasteiger partial charge in [-0.05, 0) is 18.1 Å². The molecule has 0 bridgehead atoms. The third kappa shape index (κ3) is 3.92. The van der Waals surface area contributed by atoms with Crippen LogP contribution in [0.25, 0.3) is 11.4 Å². The van der Waals surface area contributed by atoms with E-state index < -0.39 is 6.55 Å². The Morgan fingerprint density at radius 1 is 1.15 bits per heavy atom. The van der Waals surface area contributed by atoms with Crippen molar-refractivity contribution in [3.63, 3.8) is 0 Å². The van der Waals surface area contributed by atoms with Gasteiger partial charge in [0.2, 0.25) is 0 Å². The maximum absolute atomic E-state index is 14.2. The van der Waals surface area contributed by atoms with E-state index in [1.807, 2.05) is 18.4 Å². The molecule has 5 nitrogen and oxygen atoms in total. The third-order valence-corrected chi connectivity index (χ3v) is 4.63. The summed E-state index contributed by atoms with van der Waals surface area (Å²) in [6.07, 6.45) is 2.58. The van der Waals surface area contributed by atoms with E-state index in [9.17, 15) is 13.2 Å². The Hall–Kier alpha value is -2.29. The Balaban J connectivity index is 1.90. The summed E-state index contributed by atoms with van der Waals surface area (Å²) in [4.78, 5) is 3.97. The topological polar surface area (TPSA) is 48.5 Å². The van der Waals surface area contributed by atoms with Crippen molar-refractivity contribution in [2.45, 2.75) is 37.9 Å². The number of rotatable bonds is 7. The molecule has 26 heavy (non-hydrogen) atoms. The van der Waals surface area contributed by atoms with E-state index in [1.54, 1.807) is 18.2 Å². The van der Waals surface area contributed by atoms with Gasteiger partial charge in [0.05, 0.1) is 11.3 Å². The standard InChI is InChI=1S/C17H18F3N5S/c1-11(2)9-25-15(12-5-3-4-6-13(12)18)22-23-17(25)26-10-14-21-7-8-24(14)16(19)20/h3-8,11,16H,9-10H2,1-2H3. The van der Waals surface area contributed by atoms with Crippen molar-refractivity contribution in [1.29, 1.82) is 0 Å². The van der Waals surface area contributed by atoms with Gasteiger partial charge in [0.15, 0.2) is 11.0 Å². The normalized spacial score (nSPS) is 11.7. The monoisotopic (exact) mass is 381 g/mol. The van der Waals surface area contributed by atoms with Crippen molar-refractivity contribution >= 4 is 11.8 Å². The van der Waals surface area contributed by atoms with E-state index in [0.29, 0.717) is 23.1 Å². The number of imidazole rings is 1. The molecular formula is C17H18F3N5S. The highest BCUT2D eigenvalue weighted by Crippen LogP contribution is 2.29. The first-order valence-corrected chi connectivity index (χ1v) is 9.06. The summed E-state index contributed by atoms with van der Waals surface area (Å²) in [6.45, 7) is 2.00. The number of aromatic nitrogens is 5. The molecule has 9 heteroatoms. The Morgan fingerprint density at radius 3 is 2.62 bits per heavy atom. The number of hydrogen-bond acceptors (Lipinski definition) is 4. The lowest BCUT2D eigenvalue weighted by atomic mass is 10.2. The zero-order valence-electron chi connectivity index (χ0n) is 14.3. The maximum atomic E-state index is 14.2. The molecule has 0 amide bonds. The number of thioether (sulfide) groups is 1. The second kappa shape index (κ2) is 7.94. The van der Waals surface area contributed by atoms with Gasteiger partial charge < -0.3 is 4.57 Å². The van der Waals surface area contributed by atoms with Crippen molar-refractivity contribution in [3.05, 3.63) is 48.3 Å². The smallest absolute Gasteiger partial charge is 0.302 e. The quantitative estimate of drug-likeness (QED) is 0.560. The first kappa shape index (κ1) is 18.5. The van der Waals surface area contributed by atoms with Crippen molar-refractivity contribution in [1.82, 2.24) is 24.3 Å². The molecule has 0 radical (unpaired) electrons. The fourth-order valence-electron chi connectivity index (χ4n) is 2.53. The molecular weight excluding hydrogens is 363 g/mol. The van der Waals surface area contributed by atoms with Crippen molar-refractivity contribution < 1.29 is 13.2 Å². The van der Waals surface area contributed by atoms with E-state index in [2.05, 4.69) is 15.2 Å². The SMILES string of the molecule is CC(C)Cn1c(SCc2nccn2C(F)F)nnc1-c1ccccc1F. The molecule has 0 saturated carbocycles. The number of halogens is 3. The molecule has 3 aromatic rings. The number of nitrogens with zero attached hydrogens (tertiary/aromatic N) is 5. The van der Waals surface area contributed by atoms with Crippen LogP contribution in [0.4, 0.5) is 13.2 Å². The van der Waals surface area contributed by atoms with Gasteiger partial charge in [0, 0.05) is 18.9 Å². The van der Waals surface area contributed by atoms with Crippen LogP contribution in [0.3, 0.4) is 0 Å². The lowest BCUT2D eigenvalue weighted by Gasteiger charge is -2.13. The van der Waals surface area contributed by atoms with Crippen molar-refractivity contribution in [2.75, 3.05) is 0 Å². The highest BCUT2D eigenvalue weighted by atomic mass is 32.2. The molecule has 0 aliphatic carbocycles. The van der Waals surface area contributed by atoms with Gasteiger partial charge in [-0.2, -0.15) is 8.78 Å². The number of hydrogen-bond donors (Lipinski definition) is 0. The van der Waals surface area contributed by atoms with Gasteiger partial charge in [-0.15, -0.1) is 10.2 Å². The van der Waals surface area contributed by atoms with Crippen LogP contribution in [0.15, 0.2) is 41.8 Å². The maximum Gasteiger partial charge on any atom is 0.319 e. The van der Waals surface area contributed by atoms with Crippen LogP contribution in [0.2, 0.25) is 0 Å². The molecule has 2 aromatic heterocycles. The Labute approximate surface area is 153 Å². The first-order valence-electron chi connectivity index (χ1n) is 8.08. The van der Waals surface area contributed by atoms with E-state index >= 15 is 0 Å². The Kier molecular flexibility index (Phi) is 5.65. The minimum Gasteiger partial charge on any atom is -0.302 e. The Bertz CT molecular complexity index is 875. The molecule has 0 unspecified atom stereocenters. The molecule has 138 valence electrons. The summed E-state index contributed by atoms with van der Waals surface area (Å²) >= 11 is 1.25. The largest absolute Gasteiger partial charge is 0.319 e. The lowest BCUT2D eigenvalue weighted by Crippen LogP contribution is -2.09. The summed E-state index contributed by atoms with van der Waals surface area (Å²) in [7, 11) is 0. The second-order valence-electron chi connectivity index (χ2n) is 6.11. The fraction of sp³-hybridized carbons (Fsp3) is 0.353. The van der Waals surface area contributed by atoms with Crippen LogP contribution in [-0.4, -0.2) is 24.3 Å². The summed E-state index contributed by atoms with van der Waals surface area (Å²) in [5, 5.41) is 8.82. The van der Waals surface area contributed by atoms with Gasteiger partial charge in [-0.3, -0.25) is 4.57 Å². The number of benzene rings is 1. The van der Waals surface area contributed by atoms with Gasteiger partial charge in [0.25, 0.3) is 0 Å². The van der Waals surface area contributed by atoms with E-state index in [0.717, 1.165) is 4.57 Å². The molecule has 0 spiro atoms. The van der Waals surface area contributed by atoms with Gasteiger partial charge in [-0.1, -0.05) is 37.7 Å². The summed E-state index contributed by atoms with van der Waals surface area (Å²) < 4.78 is 42.7. The molecule has 0 aliphatic rings. The molecule has 0 aliphatic heterocycles. The Morgan fingerprint density at radius 2 is 1.92 bits per heavy atom. The molecule has 0 saturated heterocycles. The zero-order chi connectivity index (χ0) is 18.7. The first-order chi connectivity index (χ1) is 12.5. The molecule has 3 rings (SSSR count). The molecule has 1 aromatic carbocycles. The van der Waals surface area contributed by atoms with E-state index in [1.165, 1.54) is 30.2 Å². The average Bonchev–Trinajstić information content (AvgIpc) is 3.20. The van der Waals surface area contributed by atoms with Gasteiger partial charge in [-0.25, -0.2) is 9.37 Å². The highest BCUT2D eigenvalue weighted by Gasteiger charge is 2.19. The van der Waals surface area contributed by atoms with E-state index in [4.69, 9.17) is 0 Å². The highest BCUT2D eigenvalue weighted by molar-refractivity contribution is 7.98. The molecule has 0 N–H and O–H groups in total. The van der Waals surface area contributed by atoms with E-state index in [-0.39, 0.29) is 23.3 Å². The zero-order valence-corrected chi connectivity index (χ0v) is 15.1. The van der Waals surface area contributed by atoms with Crippen LogP contribution < -0.4 is 0 Å². The summed E-state index contributed by atoms with van der Waals surface area (Å²) in [5.74, 6) is 0.784. The van der Waals surface area contributed by atoms with Crippen LogP contribution in [0.5, 0.6) is 0 Å². The predicted octanol–water partition coefficient (Wildman–Crippen LogP) is 4.62. The van der Waals surface area contributed by atoms with Gasteiger partial charge in [0.1, 0.15) is 11.6 Å². The van der Waals surface area contributed by atoms with Crippen LogP contribution in [0, 0.1) is 11.7 Å². The van der Waals surface area contributed by atoms with Gasteiger partial charge >= 0.3 is 6.55 Å². The van der Waals surface area contributed by atoms with Crippen LogP contribution in [-0.2, 0) is 12.3 Å². The fourth-order valence-corrected chi connectivity index (χ4v) is 3.43. The minimum atomic E-state index is -2.64. The average molecular weight is 381 g/mol. The van der Waals surface area contributed by atoms with Crippen LogP contribution in [0.1, 0.15) is 26.2 Å². The van der Waals surface area contributed by atoms with Crippen molar-refractivity contribution in [2.24, 2.45) is 5.92 Å². The second-order valence-corrected chi connectivity index (χ2v) is 7.05. The molecule has 0 atom stereocenters. The summed E-state index contributed by atoms with van der Waals surface area (Å²) in [5.41, 5.74) is 0.363. The van der Waals surface area contributed by atoms with Crippen molar-refractivity contribution in [3.8, 4) is 11.4 Å². The number of alkyl halides is 2. The predicted molar refractivity (Wildman–Crippen MR) is 93.3 cm³/mol. The molecule has 2 heterocycles. The minimum absolute atomic E-state index is 0.213. The summed E-state index contributed by atoms with van der Waals surface area (Å²) in [6, 6.07) is 6.37. The molecule has 0 fully saturated rings. The third-order valence-electron chi connectivity index (χ3n) is 3.67.